The van der Waals surface area contributed by atoms with Crippen LogP contribution in [0.5, 0.6) is 0 Å². The van der Waals surface area contributed by atoms with E-state index in [1.54, 1.807) is 0 Å². The van der Waals surface area contributed by atoms with Gasteiger partial charge in [-0.25, -0.2) is 0 Å². The quantitative estimate of drug-likeness (QED) is 0.299. The fraction of sp³-hybridized carbons (Fsp3) is 0.314. The lowest BCUT2D eigenvalue weighted by atomic mass is 9.78. The minimum Gasteiger partial charge on any atom is -0.379 e. The maximum absolute atomic E-state index is 12.4. The van der Waals surface area contributed by atoms with Gasteiger partial charge in [0.2, 0.25) is 0 Å². The largest absolute Gasteiger partial charge is 0.379 e. The van der Waals surface area contributed by atoms with Gasteiger partial charge < -0.3 is 10.4 Å². The van der Waals surface area contributed by atoms with Crippen LogP contribution in [0.4, 0.5) is 0 Å². The van der Waals surface area contributed by atoms with Crippen LogP contribution in [0.25, 0.3) is 22.3 Å². The average Bonchev–Trinajstić information content (AvgIpc) is 3.39. The lowest BCUT2D eigenvalue weighted by Gasteiger charge is -2.35. The third kappa shape index (κ3) is 4.65. The summed E-state index contributed by atoms with van der Waals surface area (Å²) in [4.78, 5) is 0. The van der Waals surface area contributed by atoms with Crippen LogP contribution >= 0.6 is 0 Å². The molecule has 1 aliphatic heterocycles. The first-order chi connectivity index (χ1) is 17.7. The van der Waals surface area contributed by atoms with Gasteiger partial charge in [-0.1, -0.05) is 83.9 Å². The Balaban J connectivity index is 1.55. The van der Waals surface area contributed by atoms with E-state index in [1.807, 2.05) is 0 Å². The Bertz CT molecular complexity index is 1280. The van der Waals surface area contributed by atoms with Gasteiger partial charge in [-0.3, -0.25) is 0 Å². The zero-order chi connectivity index (χ0) is 26.3. The van der Waals surface area contributed by atoms with Crippen molar-refractivity contribution in [1.29, 1.82) is 0 Å². The highest BCUT2D eigenvalue weighted by Crippen LogP contribution is 2.39. The molecule has 0 radical (unpaired) electrons. The van der Waals surface area contributed by atoms with E-state index < -0.39 is 5.60 Å². The third-order valence-corrected chi connectivity index (χ3v) is 8.15. The molecule has 1 saturated heterocycles. The fourth-order valence-electron chi connectivity index (χ4n) is 6.66. The molecule has 0 aliphatic carbocycles. The Hall–Kier alpha value is -3.20. The summed E-state index contributed by atoms with van der Waals surface area (Å²) in [6.45, 7) is 14.0. The van der Waals surface area contributed by atoms with Gasteiger partial charge in [-0.2, -0.15) is 0 Å². The van der Waals surface area contributed by atoms with Gasteiger partial charge in [0.15, 0.2) is 0 Å². The van der Waals surface area contributed by atoms with Gasteiger partial charge in [0, 0.05) is 6.04 Å². The van der Waals surface area contributed by atoms with Gasteiger partial charge in [0.1, 0.15) is 5.60 Å². The van der Waals surface area contributed by atoms with E-state index in [-0.39, 0.29) is 6.04 Å². The molecule has 4 aromatic carbocycles. The molecule has 1 atom stereocenters. The number of aryl methyl sites for hydroxylation is 6. The second-order valence-corrected chi connectivity index (χ2v) is 11.1. The second-order valence-electron chi connectivity index (χ2n) is 11.1. The van der Waals surface area contributed by atoms with E-state index in [0.29, 0.717) is 0 Å². The van der Waals surface area contributed by atoms with Crippen molar-refractivity contribution in [2.45, 2.75) is 66.0 Å². The van der Waals surface area contributed by atoms with Crippen molar-refractivity contribution in [1.82, 2.24) is 5.32 Å². The van der Waals surface area contributed by atoms with E-state index in [1.165, 1.54) is 55.6 Å². The van der Waals surface area contributed by atoms with Crippen molar-refractivity contribution >= 4 is 0 Å². The maximum Gasteiger partial charge on any atom is 0.130 e. The molecule has 1 heterocycles. The van der Waals surface area contributed by atoms with E-state index in [2.05, 4.69) is 120 Å². The van der Waals surface area contributed by atoms with Crippen LogP contribution < -0.4 is 5.32 Å². The third-order valence-electron chi connectivity index (χ3n) is 8.15. The number of hydrogen-bond acceptors (Lipinski definition) is 2. The molecule has 5 rings (SSSR count). The monoisotopic (exact) mass is 489 g/mol. The molecule has 0 unspecified atom stereocenters. The summed E-state index contributed by atoms with van der Waals surface area (Å²) in [7, 11) is 0. The summed E-state index contributed by atoms with van der Waals surface area (Å²) in [6, 6.07) is 26.1. The molecule has 0 aromatic heterocycles. The van der Waals surface area contributed by atoms with Crippen LogP contribution in [0.1, 0.15) is 57.3 Å². The molecule has 1 aliphatic rings. The van der Waals surface area contributed by atoms with Gasteiger partial charge in [-0.15, -0.1) is 0 Å². The first-order valence-corrected chi connectivity index (χ1v) is 13.5. The second kappa shape index (κ2) is 9.93. The van der Waals surface area contributed by atoms with E-state index >= 15 is 0 Å². The number of benzene rings is 4. The molecule has 0 spiro atoms. The lowest BCUT2D eigenvalue weighted by Crippen LogP contribution is -2.46. The summed E-state index contributed by atoms with van der Waals surface area (Å²) < 4.78 is 0. The Morgan fingerprint density at radius 2 is 1.00 bits per heavy atom. The van der Waals surface area contributed by atoms with Gasteiger partial charge >= 0.3 is 0 Å². The number of nitrogens with one attached hydrogen (secondary N) is 1. The Morgan fingerprint density at radius 1 is 0.622 bits per heavy atom. The maximum atomic E-state index is 12.4. The average molecular weight is 490 g/mol. The van der Waals surface area contributed by atoms with E-state index in [0.717, 1.165) is 30.5 Å². The zero-order valence-corrected chi connectivity index (χ0v) is 23.1. The number of hydrogen-bond donors (Lipinski definition) is 2. The highest BCUT2D eigenvalue weighted by Gasteiger charge is 2.41. The molecule has 2 N–H and O–H groups in total. The topological polar surface area (TPSA) is 32.3 Å². The van der Waals surface area contributed by atoms with Gasteiger partial charge in [0.25, 0.3) is 0 Å². The molecular weight excluding hydrogens is 450 g/mol. The minimum absolute atomic E-state index is 0.0186. The van der Waals surface area contributed by atoms with Crippen molar-refractivity contribution < 1.29 is 5.11 Å². The highest BCUT2D eigenvalue weighted by molar-refractivity contribution is 5.73. The summed E-state index contributed by atoms with van der Waals surface area (Å²) in [5, 5.41) is 16.0. The molecule has 2 heteroatoms. The van der Waals surface area contributed by atoms with Crippen LogP contribution in [-0.2, 0) is 5.60 Å². The van der Waals surface area contributed by atoms with Crippen molar-refractivity contribution in [3.8, 4) is 22.3 Å². The molecule has 0 saturated carbocycles. The summed E-state index contributed by atoms with van der Waals surface area (Å²) in [5.41, 5.74) is 13.5. The van der Waals surface area contributed by atoms with Crippen molar-refractivity contribution in [3.05, 3.63) is 117 Å². The summed E-state index contributed by atoms with van der Waals surface area (Å²) >= 11 is 0. The van der Waals surface area contributed by atoms with E-state index in [9.17, 15) is 5.11 Å². The van der Waals surface area contributed by atoms with Crippen LogP contribution in [0.2, 0.25) is 0 Å². The number of aliphatic hydroxyl groups is 1. The van der Waals surface area contributed by atoms with Crippen molar-refractivity contribution in [2.75, 3.05) is 6.54 Å². The number of rotatable bonds is 5. The van der Waals surface area contributed by atoms with E-state index in [4.69, 9.17) is 0 Å². The summed E-state index contributed by atoms with van der Waals surface area (Å²) in [6.07, 6.45) is 2.03. The predicted octanol–water partition coefficient (Wildman–Crippen LogP) is 7.86. The first kappa shape index (κ1) is 25.4. The van der Waals surface area contributed by atoms with Crippen LogP contribution in [0.3, 0.4) is 0 Å². The Labute approximate surface area is 222 Å². The molecule has 37 heavy (non-hydrogen) atoms. The Kier molecular flexibility index (Phi) is 6.83. The minimum atomic E-state index is -1.09. The highest BCUT2D eigenvalue weighted by atomic mass is 16.3. The molecular formula is C35H39NO. The molecule has 0 bridgehead atoms. The van der Waals surface area contributed by atoms with Crippen LogP contribution in [0, 0.1) is 41.5 Å². The predicted molar refractivity (Wildman–Crippen MR) is 156 cm³/mol. The zero-order valence-electron chi connectivity index (χ0n) is 23.1. The molecule has 0 amide bonds. The molecule has 4 aromatic rings. The molecule has 1 fully saturated rings. The standard InChI is InChI=1S/C35H39NO/c1-22-18-24(3)33(25(4)19-22)28-9-13-30(14-10-28)35(37,32-8-7-17-36-32)31-15-11-29(12-16-31)34-26(5)20-23(2)21-27(34)6/h9-16,18-21,32,36-37H,7-8,17H2,1-6H3/t32-/m0/s1. The smallest absolute Gasteiger partial charge is 0.130 e. The van der Waals surface area contributed by atoms with Gasteiger partial charge in [0.05, 0.1) is 0 Å². The fourth-order valence-corrected chi connectivity index (χ4v) is 6.66. The molecule has 190 valence electrons. The van der Waals surface area contributed by atoms with Crippen LogP contribution in [-0.4, -0.2) is 17.7 Å². The van der Waals surface area contributed by atoms with Crippen LogP contribution in [0.15, 0.2) is 72.8 Å². The van der Waals surface area contributed by atoms with Gasteiger partial charge in [-0.05, 0) is 117 Å². The summed E-state index contributed by atoms with van der Waals surface area (Å²) in [5.74, 6) is 0. The Morgan fingerprint density at radius 3 is 1.32 bits per heavy atom. The van der Waals surface area contributed by atoms with Crippen molar-refractivity contribution in [2.24, 2.45) is 0 Å². The molecule has 2 nitrogen and oxygen atoms in total. The lowest BCUT2D eigenvalue weighted by molar-refractivity contribution is 0.0443. The first-order valence-electron chi connectivity index (χ1n) is 13.5. The normalized spacial score (nSPS) is 15.8. The SMILES string of the molecule is Cc1cc(C)c(-c2ccc(C(O)(c3ccc(-c4c(C)cc(C)cc4C)cc3)[C@@H]3CCCN3)cc2)c(C)c1. The van der Waals surface area contributed by atoms with Crippen molar-refractivity contribution in [3.63, 3.8) is 0 Å².